The van der Waals surface area contributed by atoms with E-state index in [4.69, 9.17) is 9.47 Å². The van der Waals surface area contributed by atoms with E-state index in [0.717, 1.165) is 11.5 Å². The van der Waals surface area contributed by atoms with Crippen LogP contribution in [0, 0.1) is 0 Å². The van der Waals surface area contributed by atoms with Gasteiger partial charge in [0.15, 0.2) is 5.78 Å². The van der Waals surface area contributed by atoms with Crippen LogP contribution in [0.25, 0.3) is 0 Å². The highest BCUT2D eigenvalue weighted by atomic mass is 16.5. The minimum atomic E-state index is -0.0797. The van der Waals surface area contributed by atoms with Gasteiger partial charge >= 0.3 is 0 Å². The maximum absolute atomic E-state index is 11.9. The van der Waals surface area contributed by atoms with Crippen LogP contribution in [0.5, 0.6) is 11.5 Å². The fourth-order valence-corrected chi connectivity index (χ4v) is 2.11. The predicted octanol–water partition coefficient (Wildman–Crippen LogP) is 3.70. The zero-order valence-corrected chi connectivity index (χ0v) is 13.9. The number of benzene rings is 2. The van der Waals surface area contributed by atoms with E-state index in [2.05, 4.69) is 5.32 Å². The van der Waals surface area contributed by atoms with Gasteiger partial charge in [0.05, 0.1) is 13.7 Å². The van der Waals surface area contributed by atoms with Crippen LogP contribution in [-0.4, -0.2) is 25.4 Å². The first kappa shape index (κ1) is 17.5. The quantitative estimate of drug-likeness (QED) is 0.593. The molecule has 0 fully saturated rings. The van der Waals surface area contributed by atoms with Crippen molar-refractivity contribution in [2.24, 2.45) is 0 Å². The number of Topliss-reactive ketones (excluding diaryl/α,β-unsaturated/α-hetero) is 1. The van der Waals surface area contributed by atoms with Crippen LogP contribution < -0.4 is 14.8 Å². The van der Waals surface area contributed by atoms with Gasteiger partial charge in [-0.2, -0.15) is 0 Å². The lowest BCUT2D eigenvalue weighted by atomic mass is 10.1. The molecule has 24 heavy (non-hydrogen) atoms. The van der Waals surface area contributed by atoms with Gasteiger partial charge in [-0.3, -0.25) is 9.59 Å². The molecule has 0 aliphatic heterocycles. The molecule has 1 N–H and O–H groups in total. The zero-order valence-electron chi connectivity index (χ0n) is 13.9. The van der Waals surface area contributed by atoms with Crippen molar-refractivity contribution in [3.63, 3.8) is 0 Å². The van der Waals surface area contributed by atoms with Crippen molar-refractivity contribution in [1.29, 1.82) is 0 Å². The van der Waals surface area contributed by atoms with Gasteiger partial charge in [-0.05, 0) is 61.9 Å². The lowest BCUT2D eigenvalue weighted by molar-refractivity contribution is -0.116. The third-order valence-electron chi connectivity index (χ3n) is 3.45. The molecule has 5 heteroatoms. The Labute approximate surface area is 141 Å². The fourth-order valence-electron chi connectivity index (χ4n) is 2.11. The number of hydrogen-bond acceptors (Lipinski definition) is 4. The van der Waals surface area contributed by atoms with E-state index < -0.39 is 0 Å². The Morgan fingerprint density at radius 2 is 1.58 bits per heavy atom. The highest BCUT2D eigenvalue weighted by Gasteiger charge is 2.04. The van der Waals surface area contributed by atoms with E-state index in [1.807, 2.05) is 24.3 Å². The first-order valence-corrected chi connectivity index (χ1v) is 7.76. The van der Waals surface area contributed by atoms with Gasteiger partial charge in [0, 0.05) is 17.7 Å². The highest BCUT2D eigenvalue weighted by molar-refractivity contribution is 5.95. The van der Waals surface area contributed by atoms with Gasteiger partial charge in [-0.15, -0.1) is 0 Å². The number of carbonyl (C=O) groups is 2. The molecule has 0 atom stereocenters. The summed E-state index contributed by atoms with van der Waals surface area (Å²) in [6.45, 7) is 1.97. The van der Waals surface area contributed by atoms with Crippen molar-refractivity contribution in [1.82, 2.24) is 0 Å². The molecule has 0 aromatic heterocycles. The normalized spacial score (nSPS) is 10.1. The summed E-state index contributed by atoms with van der Waals surface area (Å²) in [4.78, 5) is 23.1. The van der Waals surface area contributed by atoms with Crippen LogP contribution in [0.4, 0.5) is 5.69 Å². The average molecular weight is 327 g/mol. The first-order valence-electron chi connectivity index (χ1n) is 7.76. The van der Waals surface area contributed by atoms with Gasteiger partial charge < -0.3 is 14.8 Å². The van der Waals surface area contributed by atoms with E-state index in [1.54, 1.807) is 31.4 Å². The van der Waals surface area contributed by atoms with Gasteiger partial charge in [0.25, 0.3) is 0 Å². The highest BCUT2D eigenvalue weighted by Crippen LogP contribution is 2.17. The van der Waals surface area contributed by atoms with E-state index in [1.165, 1.54) is 6.92 Å². The average Bonchev–Trinajstić information content (AvgIpc) is 2.59. The molecule has 2 rings (SSSR count). The molecule has 2 aromatic rings. The molecule has 0 spiro atoms. The second-order valence-corrected chi connectivity index (χ2v) is 5.31. The molecular formula is C19H21NO4. The Balaban J connectivity index is 1.69. The fraction of sp³-hybridized carbons (Fsp3) is 0.263. The Morgan fingerprint density at radius 3 is 2.17 bits per heavy atom. The monoisotopic (exact) mass is 327 g/mol. The zero-order chi connectivity index (χ0) is 17.4. The molecule has 0 saturated heterocycles. The van der Waals surface area contributed by atoms with Crippen molar-refractivity contribution < 1.29 is 19.1 Å². The third kappa shape index (κ3) is 5.43. The van der Waals surface area contributed by atoms with Crippen LogP contribution in [0.1, 0.15) is 30.1 Å². The summed E-state index contributed by atoms with van der Waals surface area (Å²) in [6, 6.07) is 14.2. The molecule has 5 nitrogen and oxygen atoms in total. The molecule has 0 saturated carbocycles. The molecule has 0 aliphatic rings. The van der Waals surface area contributed by atoms with Crippen LogP contribution >= 0.6 is 0 Å². The number of hydrogen-bond donors (Lipinski definition) is 1. The number of anilines is 1. The molecule has 2 aromatic carbocycles. The molecule has 0 heterocycles. The van der Waals surface area contributed by atoms with Crippen molar-refractivity contribution in [2.45, 2.75) is 19.8 Å². The molecule has 0 bridgehead atoms. The van der Waals surface area contributed by atoms with Gasteiger partial charge in [0.2, 0.25) is 5.91 Å². The Morgan fingerprint density at radius 1 is 0.958 bits per heavy atom. The Hall–Kier alpha value is -2.82. The molecular weight excluding hydrogens is 306 g/mol. The molecule has 0 aliphatic carbocycles. The second kappa shape index (κ2) is 8.72. The number of methoxy groups -OCH3 is 1. The van der Waals surface area contributed by atoms with E-state index in [0.29, 0.717) is 30.7 Å². The lowest BCUT2D eigenvalue weighted by Crippen LogP contribution is -2.12. The Kier molecular flexibility index (Phi) is 6.37. The summed E-state index contributed by atoms with van der Waals surface area (Å²) in [6.07, 6.45) is 0.980. The number of carbonyl (C=O) groups excluding carboxylic acids is 2. The van der Waals surface area contributed by atoms with Crippen molar-refractivity contribution in [2.75, 3.05) is 19.0 Å². The van der Waals surface area contributed by atoms with Crippen molar-refractivity contribution >= 4 is 17.4 Å². The maximum Gasteiger partial charge on any atom is 0.224 e. The minimum Gasteiger partial charge on any atom is -0.497 e. The maximum atomic E-state index is 11.9. The van der Waals surface area contributed by atoms with E-state index in [9.17, 15) is 9.59 Å². The van der Waals surface area contributed by atoms with Gasteiger partial charge in [-0.25, -0.2) is 0 Å². The van der Waals surface area contributed by atoms with Crippen molar-refractivity contribution in [3.05, 3.63) is 54.1 Å². The summed E-state index contributed by atoms with van der Waals surface area (Å²) in [7, 11) is 1.61. The SMILES string of the molecule is COc1ccc(OCCCC(=O)Nc2ccc(C(C)=O)cc2)cc1. The summed E-state index contributed by atoms with van der Waals surface area (Å²) in [5.74, 6) is 1.45. The summed E-state index contributed by atoms with van der Waals surface area (Å²) >= 11 is 0. The first-order chi connectivity index (χ1) is 11.6. The summed E-state index contributed by atoms with van der Waals surface area (Å²) < 4.78 is 10.7. The topological polar surface area (TPSA) is 64.6 Å². The second-order valence-electron chi connectivity index (χ2n) is 5.31. The van der Waals surface area contributed by atoms with Crippen LogP contribution in [0.15, 0.2) is 48.5 Å². The van der Waals surface area contributed by atoms with E-state index in [-0.39, 0.29) is 11.7 Å². The number of ketones is 1. The molecule has 0 radical (unpaired) electrons. The standard InChI is InChI=1S/C19H21NO4/c1-14(21)15-5-7-16(8-6-15)20-19(22)4-3-13-24-18-11-9-17(23-2)10-12-18/h5-12H,3-4,13H2,1-2H3,(H,20,22). The largest absolute Gasteiger partial charge is 0.497 e. The number of amides is 1. The predicted molar refractivity (Wildman–Crippen MR) is 92.8 cm³/mol. The van der Waals surface area contributed by atoms with Crippen LogP contribution in [0.3, 0.4) is 0 Å². The number of ether oxygens (including phenoxy) is 2. The molecule has 0 unspecified atom stereocenters. The Bertz CT molecular complexity index is 678. The summed E-state index contributed by atoms with van der Waals surface area (Å²) in [5.41, 5.74) is 1.31. The van der Waals surface area contributed by atoms with E-state index >= 15 is 0 Å². The van der Waals surface area contributed by atoms with Gasteiger partial charge in [-0.1, -0.05) is 0 Å². The third-order valence-corrected chi connectivity index (χ3v) is 3.45. The minimum absolute atomic E-state index is 0.00329. The smallest absolute Gasteiger partial charge is 0.224 e. The lowest BCUT2D eigenvalue weighted by Gasteiger charge is -2.08. The number of nitrogens with one attached hydrogen (secondary N) is 1. The van der Waals surface area contributed by atoms with Gasteiger partial charge in [0.1, 0.15) is 11.5 Å². The van der Waals surface area contributed by atoms with Crippen molar-refractivity contribution in [3.8, 4) is 11.5 Å². The van der Waals surface area contributed by atoms with Crippen LogP contribution in [0.2, 0.25) is 0 Å². The molecule has 126 valence electrons. The molecule has 1 amide bonds. The van der Waals surface area contributed by atoms with Crippen LogP contribution in [-0.2, 0) is 4.79 Å². The number of rotatable bonds is 8. The summed E-state index contributed by atoms with van der Waals surface area (Å²) in [5, 5.41) is 2.80.